The minimum absolute atomic E-state index is 0.170. The van der Waals surface area contributed by atoms with Crippen molar-refractivity contribution in [2.24, 2.45) is 0 Å². The number of anilines is 2. The number of rotatable bonds is 1. The van der Waals surface area contributed by atoms with E-state index in [1.165, 1.54) is 12.1 Å². The van der Waals surface area contributed by atoms with Crippen LogP contribution in [0.4, 0.5) is 15.8 Å². The summed E-state index contributed by atoms with van der Waals surface area (Å²) >= 11 is 0. The van der Waals surface area contributed by atoms with Gasteiger partial charge in [0, 0.05) is 12.7 Å². The molecule has 2 aromatic rings. The van der Waals surface area contributed by atoms with Crippen LogP contribution in [0.3, 0.4) is 0 Å². The van der Waals surface area contributed by atoms with Gasteiger partial charge in [0.25, 0.3) is 0 Å². The van der Waals surface area contributed by atoms with Crippen molar-refractivity contribution in [2.75, 3.05) is 24.2 Å². The van der Waals surface area contributed by atoms with Gasteiger partial charge >= 0.3 is 0 Å². The molecule has 0 fully saturated rings. The molecular weight excluding hydrogens is 267 g/mol. The second kappa shape index (κ2) is 6.48. The van der Waals surface area contributed by atoms with Crippen molar-refractivity contribution in [3.63, 3.8) is 0 Å². The maximum atomic E-state index is 13.3. The maximum absolute atomic E-state index is 13.3. The molecule has 0 aliphatic carbocycles. The number of nitrogens with two attached hydrogens (primary N) is 1. The SMILES string of the molecule is CC.CN1CC(c2cccc(F)c2)Oc2ccc(N)cc21. The lowest BCUT2D eigenvalue weighted by Crippen LogP contribution is -2.32. The Kier molecular flexibility index (Phi) is 4.68. The van der Waals surface area contributed by atoms with Gasteiger partial charge in [-0.25, -0.2) is 4.39 Å². The molecule has 0 bridgehead atoms. The summed E-state index contributed by atoms with van der Waals surface area (Å²) < 4.78 is 19.2. The van der Waals surface area contributed by atoms with E-state index in [1.54, 1.807) is 12.1 Å². The number of hydrogen-bond donors (Lipinski definition) is 1. The van der Waals surface area contributed by atoms with Gasteiger partial charge in [-0.1, -0.05) is 26.0 Å². The van der Waals surface area contributed by atoms with Gasteiger partial charge in [-0.3, -0.25) is 0 Å². The van der Waals surface area contributed by atoms with Crippen molar-refractivity contribution >= 4 is 11.4 Å². The molecular formula is C17H21FN2O. The monoisotopic (exact) mass is 288 g/mol. The number of hydrogen-bond acceptors (Lipinski definition) is 3. The number of halogens is 1. The molecule has 0 spiro atoms. The lowest BCUT2D eigenvalue weighted by molar-refractivity contribution is 0.199. The third-order valence-electron chi connectivity index (χ3n) is 3.32. The van der Waals surface area contributed by atoms with Crippen molar-refractivity contribution in [2.45, 2.75) is 20.0 Å². The summed E-state index contributed by atoms with van der Waals surface area (Å²) in [6.07, 6.45) is -0.170. The Hall–Kier alpha value is -2.23. The van der Waals surface area contributed by atoms with E-state index in [0.717, 1.165) is 17.0 Å². The van der Waals surface area contributed by atoms with Crippen LogP contribution in [0.25, 0.3) is 0 Å². The minimum atomic E-state index is -0.244. The average Bonchev–Trinajstić information content (AvgIpc) is 2.50. The second-order valence-corrected chi connectivity index (χ2v) is 4.77. The number of nitrogens with zero attached hydrogens (tertiary/aromatic N) is 1. The molecule has 3 nitrogen and oxygen atoms in total. The number of benzene rings is 2. The summed E-state index contributed by atoms with van der Waals surface area (Å²) in [7, 11) is 1.98. The van der Waals surface area contributed by atoms with Gasteiger partial charge in [0.1, 0.15) is 17.7 Å². The van der Waals surface area contributed by atoms with Crippen molar-refractivity contribution in [3.05, 3.63) is 53.8 Å². The lowest BCUT2D eigenvalue weighted by Gasteiger charge is -2.34. The highest BCUT2D eigenvalue weighted by molar-refractivity contribution is 5.66. The van der Waals surface area contributed by atoms with E-state index in [1.807, 2.05) is 39.1 Å². The minimum Gasteiger partial charge on any atom is -0.482 e. The summed E-state index contributed by atoms with van der Waals surface area (Å²) in [5, 5.41) is 0. The van der Waals surface area contributed by atoms with Crippen molar-refractivity contribution in [1.82, 2.24) is 0 Å². The fourth-order valence-corrected chi connectivity index (χ4v) is 2.35. The van der Waals surface area contributed by atoms with Crippen LogP contribution in [0.15, 0.2) is 42.5 Å². The molecule has 0 aromatic heterocycles. The van der Waals surface area contributed by atoms with E-state index in [4.69, 9.17) is 10.5 Å². The van der Waals surface area contributed by atoms with Crippen LogP contribution in [-0.2, 0) is 0 Å². The second-order valence-electron chi connectivity index (χ2n) is 4.77. The first-order valence-corrected chi connectivity index (χ1v) is 7.16. The third kappa shape index (κ3) is 3.27. The zero-order chi connectivity index (χ0) is 15.4. The van der Waals surface area contributed by atoms with Crippen LogP contribution in [0.1, 0.15) is 25.5 Å². The van der Waals surface area contributed by atoms with Gasteiger partial charge in [-0.05, 0) is 35.9 Å². The molecule has 0 radical (unpaired) electrons. The van der Waals surface area contributed by atoms with E-state index in [0.29, 0.717) is 12.2 Å². The predicted octanol–water partition coefficient (Wildman–Crippen LogP) is 4.00. The third-order valence-corrected chi connectivity index (χ3v) is 3.32. The first-order valence-electron chi connectivity index (χ1n) is 7.16. The first-order chi connectivity index (χ1) is 10.1. The van der Waals surface area contributed by atoms with E-state index in [2.05, 4.69) is 4.90 Å². The summed E-state index contributed by atoms with van der Waals surface area (Å²) in [5.41, 5.74) is 8.29. The van der Waals surface area contributed by atoms with E-state index in [-0.39, 0.29) is 11.9 Å². The van der Waals surface area contributed by atoms with Crippen LogP contribution in [0.5, 0.6) is 5.75 Å². The number of nitrogen functional groups attached to an aromatic ring is 1. The summed E-state index contributed by atoms with van der Waals surface area (Å²) in [4.78, 5) is 2.07. The quantitative estimate of drug-likeness (QED) is 0.806. The molecule has 1 aliphatic rings. The Morgan fingerprint density at radius 2 is 1.95 bits per heavy atom. The summed E-state index contributed by atoms with van der Waals surface area (Å²) in [6.45, 7) is 4.67. The van der Waals surface area contributed by atoms with E-state index in [9.17, 15) is 4.39 Å². The predicted molar refractivity (Wildman–Crippen MR) is 85.2 cm³/mol. The Labute approximate surface area is 125 Å². The molecule has 4 heteroatoms. The van der Waals surface area contributed by atoms with Crippen molar-refractivity contribution in [1.29, 1.82) is 0 Å². The largest absolute Gasteiger partial charge is 0.482 e. The highest BCUT2D eigenvalue weighted by atomic mass is 19.1. The van der Waals surface area contributed by atoms with Crippen LogP contribution in [0.2, 0.25) is 0 Å². The Morgan fingerprint density at radius 3 is 2.67 bits per heavy atom. The van der Waals surface area contributed by atoms with Crippen LogP contribution in [0, 0.1) is 5.82 Å². The molecule has 21 heavy (non-hydrogen) atoms. The molecule has 2 aromatic carbocycles. The molecule has 1 heterocycles. The average molecular weight is 288 g/mol. The van der Waals surface area contributed by atoms with Gasteiger partial charge in [0.2, 0.25) is 0 Å². The molecule has 0 saturated carbocycles. The zero-order valence-electron chi connectivity index (χ0n) is 12.6. The smallest absolute Gasteiger partial charge is 0.143 e. The summed E-state index contributed by atoms with van der Waals surface area (Å²) in [5.74, 6) is 0.532. The first kappa shape index (κ1) is 15.2. The fraction of sp³-hybridized carbons (Fsp3) is 0.294. The van der Waals surface area contributed by atoms with E-state index >= 15 is 0 Å². The molecule has 0 saturated heterocycles. The van der Waals surface area contributed by atoms with Crippen LogP contribution < -0.4 is 15.4 Å². The Morgan fingerprint density at radius 1 is 1.19 bits per heavy atom. The van der Waals surface area contributed by atoms with Gasteiger partial charge in [-0.15, -0.1) is 0 Å². The van der Waals surface area contributed by atoms with Gasteiger partial charge in [-0.2, -0.15) is 0 Å². The zero-order valence-corrected chi connectivity index (χ0v) is 12.6. The standard InChI is InChI=1S/C15H15FN2O.C2H6/c1-18-9-15(10-3-2-4-11(16)7-10)19-14-6-5-12(17)8-13(14)18;1-2/h2-8,15H,9,17H2,1H3;1-2H3. The van der Waals surface area contributed by atoms with Crippen molar-refractivity contribution in [3.8, 4) is 5.75 Å². The number of likely N-dealkylation sites (N-methyl/N-ethyl adjacent to an activating group) is 1. The molecule has 0 amide bonds. The van der Waals surface area contributed by atoms with Crippen LogP contribution >= 0.6 is 0 Å². The van der Waals surface area contributed by atoms with Gasteiger partial charge in [0.15, 0.2) is 0 Å². The topological polar surface area (TPSA) is 38.5 Å². The lowest BCUT2D eigenvalue weighted by atomic mass is 10.1. The van der Waals surface area contributed by atoms with Gasteiger partial charge in [0.05, 0.1) is 12.2 Å². The molecule has 112 valence electrons. The van der Waals surface area contributed by atoms with Gasteiger partial charge < -0.3 is 15.4 Å². The molecule has 1 unspecified atom stereocenters. The summed E-state index contributed by atoms with van der Waals surface area (Å²) in [6, 6.07) is 12.1. The number of ether oxygens (including phenoxy) is 1. The van der Waals surface area contributed by atoms with Crippen molar-refractivity contribution < 1.29 is 9.13 Å². The molecule has 1 atom stereocenters. The highest BCUT2D eigenvalue weighted by Gasteiger charge is 2.25. The van der Waals surface area contributed by atoms with Crippen LogP contribution in [-0.4, -0.2) is 13.6 Å². The molecule has 2 N–H and O–H groups in total. The Balaban J connectivity index is 0.000000774. The fourth-order valence-electron chi connectivity index (χ4n) is 2.35. The molecule has 3 rings (SSSR count). The maximum Gasteiger partial charge on any atom is 0.143 e. The Bertz CT molecular complexity index is 615. The highest BCUT2D eigenvalue weighted by Crippen LogP contribution is 2.38. The number of fused-ring (bicyclic) bond motifs is 1. The molecule has 1 aliphatic heterocycles. The van der Waals surface area contributed by atoms with E-state index < -0.39 is 0 Å². The normalized spacial score (nSPS) is 16.4.